The van der Waals surface area contributed by atoms with Gasteiger partial charge in [-0.2, -0.15) is 0 Å². The van der Waals surface area contributed by atoms with Gasteiger partial charge in [-0.15, -0.1) is 0 Å². The second-order valence-electron chi connectivity index (χ2n) is 8.20. The van der Waals surface area contributed by atoms with Crippen LogP contribution in [0.2, 0.25) is 0 Å². The van der Waals surface area contributed by atoms with Crippen molar-refractivity contribution in [2.45, 2.75) is 65.5 Å². The molecule has 0 amide bonds. The van der Waals surface area contributed by atoms with Crippen LogP contribution in [-0.4, -0.2) is 98.2 Å². The van der Waals surface area contributed by atoms with Crippen molar-refractivity contribution in [1.29, 1.82) is 0 Å². The minimum absolute atomic E-state index is 0.508. The molecule has 6 nitrogen and oxygen atoms in total. The summed E-state index contributed by atoms with van der Waals surface area (Å²) in [6, 6.07) is 1.27. The molecule has 0 bridgehead atoms. The lowest BCUT2D eigenvalue weighted by atomic mass is 10.0. The van der Waals surface area contributed by atoms with E-state index in [-0.39, 0.29) is 0 Å². The van der Waals surface area contributed by atoms with Crippen molar-refractivity contribution in [2.75, 3.05) is 65.4 Å². The Labute approximate surface area is 167 Å². The molecule has 2 saturated heterocycles. The number of hydrogen-bond acceptors (Lipinski definition) is 4. The summed E-state index contributed by atoms with van der Waals surface area (Å²) >= 11 is 0. The number of nitrogens with one attached hydrogen (secondary N) is 2. The van der Waals surface area contributed by atoms with Crippen molar-refractivity contribution < 1.29 is 0 Å². The summed E-state index contributed by atoms with van der Waals surface area (Å²) in [7, 11) is 0. The van der Waals surface area contributed by atoms with E-state index in [0.717, 1.165) is 31.6 Å². The topological polar surface area (TPSA) is 46.1 Å². The van der Waals surface area contributed by atoms with Crippen LogP contribution in [0, 0.1) is 0 Å². The number of piperidine rings is 1. The highest BCUT2D eigenvalue weighted by molar-refractivity contribution is 5.79. The molecule has 2 aliphatic heterocycles. The van der Waals surface area contributed by atoms with Crippen LogP contribution in [0.1, 0.15) is 53.4 Å². The number of piperazine rings is 1. The van der Waals surface area contributed by atoms with Crippen LogP contribution in [0.15, 0.2) is 4.99 Å². The van der Waals surface area contributed by atoms with Gasteiger partial charge in [0.05, 0.1) is 6.54 Å². The van der Waals surface area contributed by atoms with Crippen molar-refractivity contribution in [3.8, 4) is 0 Å². The van der Waals surface area contributed by atoms with Gasteiger partial charge in [0.1, 0.15) is 0 Å². The molecule has 27 heavy (non-hydrogen) atoms. The first-order valence-corrected chi connectivity index (χ1v) is 11.4. The van der Waals surface area contributed by atoms with Crippen LogP contribution < -0.4 is 10.6 Å². The fraction of sp³-hybridized carbons (Fsp3) is 0.952. The predicted octanol–water partition coefficient (Wildman–Crippen LogP) is 1.83. The summed E-state index contributed by atoms with van der Waals surface area (Å²) in [6.07, 6.45) is 5.32. The van der Waals surface area contributed by atoms with E-state index < -0.39 is 0 Å². The van der Waals surface area contributed by atoms with Gasteiger partial charge in [0.15, 0.2) is 5.96 Å². The quantitative estimate of drug-likeness (QED) is 0.363. The van der Waals surface area contributed by atoms with E-state index in [1.165, 1.54) is 71.5 Å². The van der Waals surface area contributed by atoms with E-state index in [1.54, 1.807) is 0 Å². The maximum Gasteiger partial charge on any atom is 0.191 e. The molecule has 158 valence electrons. The second kappa shape index (κ2) is 12.6. The van der Waals surface area contributed by atoms with Gasteiger partial charge in [-0.3, -0.25) is 9.89 Å². The lowest BCUT2D eigenvalue weighted by molar-refractivity contribution is 0.109. The lowest BCUT2D eigenvalue weighted by Gasteiger charge is -2.37. The summed E-state index contributed by atoms with van der Waals surface area (Å²) in [5.41, 5.74) is 0. The Kier molecular flexibility index (Phi) is 10.5. The first kappa shape index (κ1) is 22.4. The van der Waals surface area contributed by atoms with E-state index in [0.29, 0.717) is 6.04 Å². The van der Waals surface area contributed by atoms with Crippen LogP contribution in [-0.2, 0) is 0 Å². The Balaban J connectivity index is 1.68. The zero-order chi connectivity index (χ0) is 19.5. The second-order valence-corrected chi connectivity index (χ2v) is 8.20. The van der Waals surface area contributed by atoms with Gasteiger partial charge in [-0.05, 0) is 53.1 Å². The van der Waals surface area contributed by atoms with Crippen molar-refractivity contribution in [3.05, 3.63) is 0 Å². The van der Waals surface area contributed by atoms with Crippen LogP contribution in [0.5, 0.6) is 0 Å². The largest absolute Gasteiger partial charge is 0.357 e. The molecule has 0 spiro atoms. The maximum atomic E-state index is 4.85. The smallest absolute Gasteiger partial charge is 0.191 e. The molecule has 6 heteroatoms. The van der Waals surface area contributed by atoms with E-state index >= 15 is 0 Å². The number of likely N-dealkylation sites (N-methyl/N-ethyl adjacent to an activating group) is 1. The molecule has 2 aliphatic rings. The number of nitrogens with zero attached hydrogens (tertiary/aromatic N) is 4. The van der Waals surface area contributed by atoms with Crippen molar-refractivity contribution in [3.63, 3.8) is 0 Å². The number of hydrogen-bond donors (Lipinski definition) is 2. The van der Waals surface area contributed by atoms with E-state index in [9.17, 15) is 0 Å². The summed E-state index contributed by atoms with van der Waals surface area (Å²) < 4.78 is 0. The van der Waals surface area contributed by atoms with Gasteiger partial charge < -0.3 is 20.4 Å². The highest BCUT2D eigenvalue weighted by Crippen LogP contribution is 2.16. The Bertz CT molecular complexity index is 419. The summed E-state index contributed by atoms with van der Waals surface area (Å²) in [5.74, 6) is 0.975. The first-order chi connectivity index (χ1) is 13.1. The van der Waals surface area contributed by atoms with Gasteiger partial charge in [0.25, 0.3) is 0 Å². The van der Waals surface area contributed by atoms with Gasteiger partial charge in [0.2, 0.25) is 0 Å². The van der Waals surface area contributed by atoms with Crippen molar-refractivity contribution >= 4 is 5.96 Å². The first-order valence-electron chi connectivity index (χ1n) is 11.4. The van der Waals surface area contributed by atoms with Crippen LogP contribution >= 0.6 is 0 Å². The minimum Gasteiger partial charge on any atom is -0.357 e. The molecule has 0 aromatic rings. The Hall–Kier alpha value is -0.850. The summed E-state index contributed by atoms with van der Waals surface area (Å²) in [5, 5.41) is 6.94. The van der Waals surface area contributed by atoms with Crippen LogP contribution in [0.3, 0.4) is 0 Å². The van der Waals surface area contributed by atoms with Crippen LogP contribution in [0.4, 0.5) is 0 Å². The van der Waals surface area contributed by atoms with E-state index in [4.69, 9.17) is 4.99 Å². The fourth-order valence-corrected chi connectivity index (χ4v) is 4.18. The van der Waals surface area contributed by atoms with Gasteiger partial charge in [-0.1, -0.05) is 13.3 Å². The SMILES string of the molecule is CCNC(=NCC(C)N1CCN(CC)CC1)NCCCN1CCCCC1C. The number of aliphatic imine (C=N–C) groups is 1. The molecule has 0 aromatic heterocycles. The molecule has 0 aromatic carbocycles. The Morgan fingerprint density at radius 2 is 1.85 bits per heavy atom. The van der Waals surface area contributed by atoms with Gasteiger partial charge in [0, 0.05) is 57.9 Å². The van der Waals surface area contributed by atoms with Crippen molar-refractivity contribution in [2.24, 2.45) is 4.99 Å². The van der Waals surface area contributed by atoms with Crippen LogP contribution in [0.25, 0.3) is 0 Å². The third kappa shape index (κ3) is 7.96. The standard InChI is InChI=1S/C21H44N6/c1-5-22-21(23-11-9-13-26-12-8-7-10-19(26)3)24-18-20(4)27-16-14-25(6-2)15-17-27/h19-20H,5-18H2,1-4H3,(H2,22,23,24). The van der Waals surface area contributed by atoms with Gasteiger partial charge in [-0.25, -0.2) is 0 Å². The molecule has 2 fully saturated rings. The number of rotatable bonds is 9. The Morgan fingerprint density at radius 3 is 2.52 bits per heavy atom. The minimum atomic E-state index is 0.508. The third-order valence-electron chi connectivity index (χ3n) is 6.19. The summed E-state index contributed by atoms with van der Waals surface area (Å²) in [6.45, 7) is 20.2. The molecule has 0 saturated carbocycles. The number of guanidine groups is 1. The number of likely N-dealkylation sites (tertiary alicyclic amines) is 1. The average Bonchev–Trinajstić information content (AvgIpc) is 2.70. The normalized spacial score (nSPS) is 24.7. The maximum absolute atomic E-state index is 4.85. The van der Waals surface area contributed by atoms with E-state index in [2.05, 4.69) is 53.0 Å². The molecular weight excluding hydrogens is 336 g/mol. The molecule has 2 rings (SSSR count). The van der Waals surface area contributed by atoms with Gasteiger partial charge >= 0.3 is 0 Å². The zero-order valence-electron chi connectivity index (χ0n) is 18.3. The molecule has 2 atom stereocenters. The van der Waals surface area contributed by atoms with Crippen molar-refractivity contribution in [1.82, 2.24) is 25.3 Å². The lowest BCUT2D eigenvalue weighted by Crippen LogP contribution is -2.50. The molecule has 2 heterocycles. The summed E-state index contributed by atoms with van der Waals surface area (Å²) in [4.78, 5) is 12.6. The predicted molar refractivity (Wildman–Crippen MR) is 117 cm³/mol. The fourth-order valence-electron chi connectivity index (χ4n) is 4.18. The van der Waals surface area contributed by atoms with E-state index in [1.807, 2.05) is 0 Å². The monoisotopic (exact) mass is 380 g/mol. The molecule has 2 N–H and O–H groups in total. The molecule has 0 aliphatic carbocycles. The highest BCUT2D eigenvalue weighted by Gasteiger charge is 2.20. The average molecular weight is 381 g/mol. The molecule has 0 radical (unpaired) electrons. The highest BCUT2D eigenvalue weighted by atomic mass is 15.3. The molecular formula is C21H44N6. The molecule has 2 unspecified atom stereocenters. The zero-order valence-corrected chi connectivity index (χ0v) is 18.3. The third-order valence-corrected chi connectivity index (χ3v) is 6.19. The Morgan fingerprint density at radius 1 is 1.07 bits per heavy atom.